The van der Waals surface area contributed by atoms with Crippen molar-refractivity contribution < 1.29 is 14.3 Å². The summed E-state index contributed by atoms with van der Waals surface area (Å²) in [7, 11) is 0. The van der Waals surface area contributed by atoms with Crippen LogP contribution in [0, 0.1) is 0 Å². The first kappa shape index (κ1) is 19.2. The molecule has 7 heteroatoms. The number of aromatic nitrogens is 1. The Balaban J connectivity index is 1.98. The van der Waals surface area contributed by atoms with Gasteiger partial charge in [0.2, 0.25) is 0 Å². The van der Waals surface area contributed by atoms with Crippen molar-refractivity contribution in [2.45, 2.75) is 26.2 Å². The van der Waals surface area contributed by atoms with Gasteiger partial charge in [0.1, 0.15) is 10.3 Å². The van der Waals surface area contributed by atoms with Gasteiger partial charge in [-0.1, -0.05) is 55.2 Å². The lowest BCUT2D eigenvalue weighted by atomic mass is 9.97. The van der Waals surface area contributed by atoms with Crippen LogP contribution in [-0.2, 0) is 9.53 Å². The number of hydrogen-bond acceptors (Lipinski definition) is 4. The van der Waals surface area contributed by atoms with Crippen LogP contribution in [0.3, 0.4) is 0 Å². The van der Waals surface area contributed by atoms with Crippen LogP contribution in [0.25, 0.3) is 0 Å². The van der Waals surface area contributed by atoms with E-state index in [-0.39, 0.29) is 15.9 Å². The molecule has 0 unspecified atom stereocenters. The highest BCUT2D eigenvalue weighted by Crippen LogP contribution is 2.26. The number of amides is 1. The predicted octanol–water partition coefficient (Wildman–Crippen LogP) is 4.70. The van der Waals surface area contributed by atoms with Crippen molar-refractivity contribution in [1.82, 2.24) is 4.98 Å². The molecule has 1 aromatic heterocycles. The number of carbonyl (C=O) groups excluding carboxylic acids is 2. The molecule has 0 aliphatic rings. The zero-order chi connectivity index (χ0) is 18.4. The predicted molar refractivity (Wildman–Crippen MR) is 98.3 cm³/mol. The minimum absolute atomic E-state index is 0.0754. The summed E-state index contributed by atoms with van der Waals surface area (Å²) in [6.07, 6.45) is 0.950. The number of nitrogens with zero attached hydrogens (tertiary/aromatic N) is 1. The molecular weight excluding hydrogens is 363 g/mol. The Bertz CT molecular complexity index is 760. The summed E-state index contributed by atoms with van der Waals surface area (Å²) in [4.78, 5) is 27.8. The van der Waals surface area contributed by atoms with Gasteiger partial charge in [-0.05, 0) is 36.1 Å². The Morgan fingerprint density at radius 3 is 2.48 bits per heavy atom. The van der Waals surface area contributed by atoms with Crippen molar-refractivity contribution in [3.05, 3.63) is 57.8 Å². The highest BCUT2D eigenvalue weighted by molar-refractivity contribution is 6.32. The van der Waals surface area contributed by atoms with Crippen molar-refractivity contribution in [1.29, 1.82) is 0 Å². The van der Waals surface area contributed by atoms with Gasteiger partial charge >= 0.3 is 5.97 Å². The number of carbonyl (C=O) groups is 2. The van der Waals surface area contributed by atoms with E-state index < -0.39 is 18.5 Å². The molecule has 0 saturated carbocycles. The number of benzene rings is 1. The standard InChI is InChI=1S/C18H18Cl2N2O3/c1-3-11(2)13-6-4-5-7-14(13)21-17(23)10-25-18(24)12-8-15(19)22-16(20)9-12/h4-9,11H,3,10H2,1-2H3,(H,21,23)/t11-/m1/s1. The highest BCUT2D eigenvalue weighted by Gasteiger charge is 2.14. The average molecular weight is 381 g/mol. The fraction of sp³-hybridized carbons (Fsp3) is 0.278. The lowest BCUT2D eigenvalue weighted by molar-refractivity contribution is -0.119. The maximum Gasteiger partial charge on any atom is 0.338 e. The molecule has 2 aromatic rings. The van der Waals surface area contributed by atoms with Crippen molar-refractivity contribution in [2.75, 3.05) is 11.9 Å². The lowest BCUT2D eigenvalue weighted by Crippen LogP contribution is -2.21. The Labute approximate surface area is 156 Å². The summed E-state index contributed by atoms with van der Waals surface area (Å²) in [5, 5.41) is 2.93. The molecule has 1 N–H and O–H groups in total. The SMILES string of the molecule is CC[C@@H](C)c1ccccc1NC(=O)COC(=O)c1cc(Cl)nc(Cl)c1. The Morgan fingerprint density at radius 2 is 1.84 bits per heavy atom. The van der Waals surface area contributed by atoms with Gasteiger partial charge in [0.15, 0.2) is 6.61 Å². The summed E-state index contributed by atoms with van der Waals surface area (Å²) in [6, 6.07) is 10.2. The maximum atomic E-state index is 12.1. The van der Waals surface area contributed by atoms with E-state index in [1.807, 2.05) is 24.3 Å². The minimum atomic E-state index is -0.698. The largest absolute Gasteiger partial charge is 0.452 e. The number of ether oxygens (including phenoxy) is 1. The molecule has 0 bridgehead atoms. The summed E-state index contributed by atoms with van der Waals surface area (Å²) >= 11 is 11.5. The molecule has 2 rings (SSSR count). The van der Waals surface area contributed by atoms with Crippen molar-refractivity contribution >= 4 is 40.8 Å². The molecule has 132 valence electrons. The normalized spacial score (nSPS) is 11.7. The Kier molecular flexibility index (Phi) is 6.79. The highest BCUT2D eigenvalue weighted by atomic mass is 35.5. The fourth-order valence-electron chi connectivity index (χ4n) is 2.24. The monoisotopic (exact) mass is 380 g/mol. The molecule has 0 spiro atoms. The molecule has 5 nitrogen and oxygen atoms in total. The number of esters is 1. The Morgan fingerprint density at radius 1 is 1.20 bits per heavy atom. The summed E-state index contributed by atoms with van der Waals surface area (Å²) in [5.41, 5.74) is 1.89. The van der Waals surface area contributed by atoms with E-state index >= 15 is 0 Å². The van der Waals surface area contributed by atoms with Gasteiger partial charge in [0.05, 0.1) is 5.56 Å². The first-order valence-electron chi connectivity index (χ1n) is 7.79. The molecule has 0 saturated heterocycles. The van der Waals surface area contributed by atoms with Crippen LogP contribution < -0.4 is 5.32 Å². The smallest absolute Gasteiger partial charge is 0.338 e. The van der Waals surface area contributed by atoms with E-state index in [2.05, 4.69) is 24.1 Å². The summed E-state index contributed by atoms with van der Waals surface area (Å²) in [6.45, 7) is 3.75. The molecule has 0 aliphatic carbocycles. The van der Waals surface area contributed by atoms with Gasteiger partial charge in [-0.25, -0.2) is 9.78 Å². The third kappa shape index (κ3) is 5.44. The number of anilines is 1. The molecular formula is C18H18Cl2N2O3. The van der Waals surface area contributed by atoms with E-state index in [0.717, 1.165) is 12.0 Å². The molecule has 0 fully saturated rings. The fourth-order valence-corrected chi connectivity index (χ4v) is 2.70. The molecule has 0 radical (unpaired) electrons. The maximum absolute atomic E-state index is 12.1. The van der Waals surface area contributed by atoms with E-state index in [1.165, 1.54) is 12.1 Å². The van der Waals surface area contributed by atoms with E-state index in [1.54, 1.807) is 0 Å². The van der Waals surface area contributed by atoms with Crippen LogP contribution in [-0.4, -0.2) is 23.5 Å². The lowest BCUT2D eigenvalue weighted by Gasteiger charge is -2.15. The van der Waals surface area contributed by atoms with Crippen molar-refractivity contribution in [2.24, 2.45) is 0 Å². The van der Waals surface area contributed by atoms with Gasteiger partial charge in [0, 0.05) is 5.69 Å². The number of rotatable bonds is 6. The molecule has 0 aliphatic heterocycles. The number of hydrogen-bond donors (Lipinski definition) is 1. The summed E-state index contributed by atoms with van der Waals surface area (Å²) in [5.74, 6) is -0.813. The number of nitrogens with one attached hydrogen (secondary N) is 1. The first-order valence-corrected chi connectivity index (χ1v) is 8.55. The van der Waals surface area contributed by atoms with Crippen LogP contribution in [0.1, 0.15) is 42.1 Å². The van der Waals surface area contributed by atoms with Gasteiger partial charge in [-0.2, -0.15) is 0 Å². The van der Waals surface area contributed by atoms with Gasteiger partial charge in [-0.15, -0.1) is 0 Å². The second-order valence-electron chi connectivity index (χ2n) is 5.52. The van der Waals surface area contributed by atoms with Crippen molar-refractivity contribution in [3.8, 4) is 0 Å². The zero-order valence-corrected chi connectivity index (χ0v) is 15.4. The molecule has 1 aromatic carbocycles. The van der Waals surface area contributed by atoms with Crippen LogP contribution in [0.5, 0.6) is 0 Å². The van der Waals surface area contributed by atoms with Gasteiger partial charge in [-0.3, -0.25) is 4.79 Å². The number of halogens is 2. The second kappa shape index (κ2) is 8.83. The van der Waals surface area contributed by atoms with E-state index in [4.69, 9.17) is 27.9 Å². The third-order valence-corrected chi connectivity index (χ3v) is 4.10. The van der Waals surface area contributed by atoms with Gasteiger partial charge < -0.3 is 10.1 Å². The van der Waals surface area contributed by atoms with E-state index in [0.29, 0.717) is 11.6 Å². The minimum Gasteiger partial charge on any atom is -0.452 e. The number of para-hydroxylation sites is 1. The van der Waals surface area contributed by atoms with E-state index in [9.17, 15) is 9.59 Å². The summed E-state index contributed by atoms with van der Waals surface area (Å²) < 4.78 is 5.00. The number of pyridine rings is 1. The topological polar surface area (TPSA) is 68.3 Å². The zero-order valence-electron chi connectivity index (χ0n) is 13.9. The Hall–Kier alpha value is -2.11. The van der Waals surface area contributed by atoms with Crippen LogP contribution in [0.15, 0.2) is 36.4 Å². The van der Waals surface area contributed by atoms with Gasteiger partial charge in [0.25, 0.3) is 5.91 Å². The molecule has 1 atom stereocenters. The van der Waals surface area contributed by atoms with Crippen LogP contribution >= 0.6 is 23.2 Å². The third-order valence-electron chi connectivity index (χ3n) is 3.71. The quantitative estimate of drug-likeness (QED) is 0.582. The van der Waals surface area contributed by atoms with Crippen molar-refractivity contribution in [3.63, 3.8) is 0 Å². The molecule has 25 heavy (non-hydrogen) atoms. The average Bonchev–Trinajstić information content (AvgIpc) is 2.58. The van der Waals surface area contributed by atoms with Crippen LogP contribution in [0.4, 0.5) is 5.69 Å². The molecule has 1 heterocycles. The second-order valence-corrected chi connectivity index (χ2v) is 6.30. The molecule has 1 amide bonds. The first-order chi connectivity index (χ1) is 11.9. The van der Waals surface area contributed by atoms with Crippen LogP contribution in [0.2, 0.25) is 10.3 Å².